The van der Waals surface area contributed by atoms with Crippen molar-refractivity contribution in [2.75, 3.05) is 7.11 Å². The summed E-state index contributed by atoms with van der Waals surface area (Å²) in [5.41, 5.74) is 0. The van der Waals surface area contributed by atoms with Crippen molar-refractivity contribution in [2.24, 2.45) is 0 Å². The van der Waals surface area contributed by atoms with E-state index >= 15 is 0 Å². The number of aromatic nitrogens is 3. The topological polar surface area (TPSA) is 97.0 Å². The Morgan fingerprint density at radius 1 is 1.64 bits per heavy atom. The Balaban J connectivity index is 2.53. The number of methoxy groups -OCH3 is 1. The van der Waals surface area contributed by atoms with Gasteiger partial charge in [0.2, 0.25) is 5.82 Å². The van der Waals surface area contributed by atoms with Gasteiger partial charge in [0.05, 0.1) is 7.11 Å². The summed E-state index contributed by atoms with van der Waals surface area (Å²) in [6.45, 7) is 1.51. The van der Waals surface area contributed by atoms with Gasteiger partial charge >= 0.3 is 5.97 Å². The molecule has 0 saturated heterocycles. The van der Waals surface area contributed by atoms with Crippen LogP contribution in [0.5, 0.6) is 0 Å². The van der Waals surface area contributed by atoms with Gasteiger partial charge in [0, 0.05) is 0 Å². The van der Waals surface area contributed by atoms with Gasteiger partial charge in [-0.1, -0.05) is 0 Å². The lowest BCUT2D eigenvalue weighted by atomic mass is 10.3. The van der Waals surface area contributed by atoms with Crippen LogP contribution in [-0.2, 0) is 9.53 Å². The Morgan fingerprint density at radius 2 is 2.36 bits per heavy atom. The number of esters is 1. The molecule has 0 spiro atoms. The molecule has 1 atom stereocenters. The molecule has 0 aliphatic carbocycles. The van der Waals surface area contributed by atoms with Gasteiger partial charge in [0.1, 0.15) is 12.4 Å². The van der Waals surface area contributed by atoms with E-state index in [9.17, 15) is 9.59 Å². The van der Waals surface area contributed by atoms with Crippen LogP contribution in [0, 0.1) is 0 Å². The molecule has 1 rings (SSSR count). The molecule has 7 heteroatoms. The van der Waals surface area contributed by atoms with E-state index in [1.807, 2.05) is 0 Å². The zero-order valence-electron chi connectivity index (χ0n) is 7.77. The van der Waals surface area contributed by atoms with Crippen LogP contribution in [0.2, 0.25) is 0 Å². The van der Waals surface area contributed by atoms with Crippen LogP contribution in [-0.4, -0.2) is 40.2 Å². The van der Waals surface area contributed by atoms with Gasteiger partial charge in [-0.15, -0.1) is 0 Å². The van der Waals surface area contributed by atoms with Crippen LogP contribution < -0.4 is 5.32 Å². The molecular formula is C7H10N4O3. The SMILES string of the molecule is COC(=O)C(C)NC(=O)c1ncn[nH]1. The van der Waals surface area contributed by atoms with Crippen molar-refractivity contribution in [1.29, 1.82) is 0 Å². The number of carbonyl (C=O) groups is 2. The van der Waals surface area contributed by atoms with Crippen LogP contribution in [0.25, 0.3) is 0 Å². The quantitative estimate of drug-likeness (QED) is 0.613. The number of ether oxygens (including phenoxy) is 1. The van der Waals surface area contributed by atoms with Gasteiger partial charge in [-0.3, -0.25) is 9.89 Å². The number of nitrogens with one attached hydrogen (secondary N) is 2. The molecule has 1 aromatic rings. The van der Waals surface area contributed by atoms with E-state index in [0.717, 1.165) is 0 Å². The number of hydrogen-bond donors (Lipinski definition) is 2. The van der Waals surface area contributed by atoms with E-state index in [1.165, 1.54) is 20.4 Å². The average molecular weight is 198 g/mol. The molecule has 1 heterocycles. The molecule has 1 unspecified atom stereocenters. The van der Waals surface area contributed by atoms with Crippen LogP contribution in [0.3, 0.4) is 0 Å². The van der Waals surface area contributed by atoms with E-state index in [-0.39, 0.29) is 5.82 Å². The number of hydrogen-bond acceptors (Lipinski definition) is 5. The second-order valence-corrected chi connectivity index (χ2v) is 2.55. The summed E-state index contributed by atoms with van der Waals surface area (Å²) >= 11 is 0. The monoisotopic (exact) mass is 198 g/mol. The van der Waals surface area contributed by atoms with Crippen molar-refractivity contribution in [2.45, 2.75) is 13.0 Å². The maximum atomic E-state index is 11.3. The van der Waals surface area contributed by atoms with Gasteiger partial charge < -0.3 is 10.1 Å². The fraction of sp³-hybridized carbons (Fsp3) is 0.429. The summed E-state index contributed by atoms with van der Waals surface area (Å²) in [4.78, 5) is 25.8. The van der Waals surface area contributed by atoms with Gasteiger partial charge in [0.15, 0.2) is 0 Å². The number of H-pyrrole nitrogens is 1. The molecule has 1 aromatic heterocycles. The lowest BCUT2D eigenvalue weighted by Gasteiger charge is -2.09. The molecule has 0 bridgehead atoms. The van der Waals surface area contributed by atoms with Crippen molar-refractivity contribution in [3.8, 4) is 0 Å². The van der Waals surface area contributed by atoms with Crippen LogP contribution >= 0.6 is 0 Å². The Kier molecular flexibility index (Phi) is 3.16. The van der Waals surface area contributed by atoms with Crippen LogP contribution in [0.15, 0.2) is 6.33 Å². The minimum atomic E-state index is -0.711. The second-order valence-electron chi connectivity index (χ2n) is 2.55. The molecule has 7 nitrogen and oxygen atoms in total. The van der Waals surface area contributed by atoms with E-state index in [4.69, 9.17) is 0 Å². The minimum Gasteiger partial charge on any atom is -0.467 e. The fourth-order valence-corrected chi connectivity index (χ4v) is 0.816. The third kappa shape index (κ3) is 2.28. The van der Waals surface area contributed by atoms with E-state index < -0.39 is 17.9 Å². The molecule has 0 aliphatic heterocycles. The first-order chi connectivity index (χ1) is 6.65. The van der Waals surface area contributed by atoms with Crippen molar-refractivity contribution < 1.29 is 14.3 Å². The third-order valence-electron chi connectivity index (χ3n) is 1.53. The summed E-state index contributed by atoms with van der Waals surface area (Å²) < 4.78 is 4.43. The molecule has 0 aromatic carbocycles. The zero-order chi connectivity index (χ0) is 10.6. The Labute approximate surface area is 79.9 Å². The highest BCUT2D eigenvalue weighted by Crippen LogP contribution is 1.90. The largest absolute Gasteiger partial charge is 0.467 e. The molecule has 76 valence electrons. The Hall–Kier alpha value is -1.92. The van der Waals surface area contributed by atoms with Crippen molar-refractivity contribution in [3.63, 3.8) is 0 Å². The molecule has 1 amide bonds. The third-order valence-corrected chi connectivity index (χ3v) is 1.53. The van der Waals surface area contributed by atoms with Crippen molar-refractivity contribution in [1.82, 2.24) is 20.5 Å². The second kappa shape index (κ2) is 4.35. The maximum Gasteiger partial charge on any atom is 0.328 e. The first-order valence-corrected chi connectivity index (χ1v) is 3.89. The van der Waals surface area contributed by atoms with Gasteiger partial charge in [-0.25, -0.2) is 9.78 Å². The highest BCUT2D eigenvalue weighted by Gasteiger charge is 2.17. The smallest absolute Gasteiger partial charge is 0.328 e. The predicted octanol–water partition coefficient (Wildman–Crippen LogP) is -0.904. The van der Waals surface area contributed by atoms with Gasteiger partial charge in [-0.2, -0.15) is 5.10 Å². The summed E-state index contributed by atoms with van der Waals surface area (Å²) in [6.07, 6.45) is 1.21. The number of amides is 1. The number of rotatable bonds is 3. The molecule has 2 N–H and O–H groups in total. The molecule has 0 aliphatic rings. The Morgan fingerprint density at radius 3 is 2.86 bits per heavy atom. The normalized spacial score (nSPS) is 11.9. The predicted molar refractivity (Wildman–Crippen MR) is 45.3 cm³/mol. The maximum absolute atomic E-state index is 11.3. The highest BCUT2D eigenvalue weighted by atomic mass is 16.5. The van der Waals surface area contributed by atoms with Gasteiger partial charge in [0.25, 0.3) is 5.91 Å². The molecule has 0 saturated carbocycles. The fourth-order valence-electron chi connectivity index (χ4n) is 0.816. The van der Waals surface area contributed by atoms with Crippen molar-refractivity contribution >= 4 is 11.9 Å². The molecule has 0 fully saturated rings. The molecule has 0 radical (unpaired) electrons. The van der Waals surface area contributed by atoms with Gasteiger partial charge in [-0.05, 0) is 6.92 Å². The lowest BCUT2D eigenvalue weighted by Crippen LogP contribution is -2.39. The number of aromatic amines is 1. The standard InChI is InChI=1S/C7H10N4O3/c1-4(7(13)14-2)10-6(12)5-8-3-9-11-5/h3-4H,1-2H3,(H,10,12)(H,8,9,11). The summed E-state index contributed by atoms with van der Waals surface area (Å²) in [7, 11) is 1.25. The summed E-state index contributed by atoms with van der Waals surface area (Å²) in [5, 5.41) is 8.26. The van der Waals surface area contributed by atoms with E-state index in [1.54, 1.807) is 0 Å². The highest BCUT2D eigenvalue weighted by molar-refractivity contribution is 5.93. The van der Waals surface area contributed by atoms with Crippen LogP contribution in [0.4, 0.5) is 0 Å². The Bertz CT molecular complexity index is 322. The van der Waals surface area contributed by atoms with Crippen molar-refractivity contribution in [3.05, 3.63) is 12.2 Å². The van der Waals surface area contributed by atoms with E-state index in [2.05, 4.69) is 25.2 Å². The number of nitrogens with zero attached hydrogens (tertiary/aromatic N) is 2. The first-order valence-electron chi connectivity index (χ1n) is 3.89. The molecular weight excluding hydrogens is 188 g/mol. The molecule has 14 heavy (non-hydrogen) atoms. The zero-order valence-corrected chi connectivity index (χ0v) is 7.77. The lowest BCUT2D eigenvalue weighted by molar-refractivity contribution is -0.142. The summed E-state index contributed by atoms with van der Waals surface area (Å²) in [6, 6.07) is -0.711. The summed E-state index contributed by atoms with van der Waals surface area (Å²) in [5.74, 6) is -0.959. The number of carbonyl (C=O) groups excluding carboxylic acids is 2. The first kappa shape index (κ1) is 10.2. The average Bonchev–Trinajstić information content (AvgIpc) is 2.69. The van der Waals surface area contributed by atoms with E-state index in [0.29, 0.717) is 0 Å². The minimum absolute atomic E-state index is 0.0563. The van der Waals surface area contributed by atoms with Crippen LogP contribution in [0.1, 0.15) is 17.5 Å².